The van der Waals surface area contributed by atoms with Gasteiger partial charge in [0.2, 0.25) is 5.91 Å². The smallest absolute Gasteiger partial charge is 0.303 e. The predicted molar refractivity (Wildman–Crippen MR) is 72.5 cm³/mol. The van der Waals surface area contributed by atoms with Gasteiger partial charge in [-0.15, -0.1) is 0 Å². The summed E-state index contributed by atoms with van der Waals surface area (Å²) in [5, 5.41) is 14.0. The highest BCUT2D eigenvalue weighted by atomic mass is 16.4. The lowest BCUT2D eigenvalue weighted by atomic mass is 10.1. The van der Waals surface area contributed by atoms with Gasteiger partial charge < -0.3 is 15.7 Å². The van der Waals surface area contributed by atoms with E-state index < -0.39 is 5.97 Å². The van der Waals surface area contributed by atoms with Crippen molar-refractivity contribution in [3.8, 4) is 0 Å². The van der Waals surface area contributed by atoms with Crippen molar-refractivity contribution in [2.24, 2.45) is 5.92 Å². The molecule has 1 atom stereocenters. The highest BCUT2D eigenvalue weighted by Gasteiger charge is 2.19. The number of anilines is 1. The second-order valence-corrected chi connectivity index (χ2v) is 5.01. The number of rotatable bonds is 5. The van der Waals surface area contributed by atoms with Gasteiger partial charge in [0.1, 0.15) is 0 Å². The number of hydrogen-bond acceptors (Lipinski definition) is 3. The van der Waals surface area contributed by atoms with Gasteiger partial charge in [-0.3, -0.25) is 14.4 Å². The first-order valence-corrected chi connectivity index (χ1v) is 6.38. The number of fused-ring (bicyclic) bond motifs is 1. The molecule has 6 heteroatoms. The summed E-state index contributed by atoms with van der Waals surface area (Å²) in [7, 11) is 0. The Kier molecular flexibility index (Phi) is 4.02. The summed E-state index contributed by atoms with van der Waals surface area (Å²) in [6.07, 6.45) is 0.355. The Hall–Kier alpha value is -2.37. The molecule has 1 aliphatic rings. The molecule has 1 aliphatic heterocycles. The average Bonchev–Trinajstić information content (AvgIpc) is 2.74. The SMILES string of the molecule is CC(CNC(=O)c1ccc2c(c1)NC(=O)C2)CC(=O)O. The van der Waals surface area contributed by atoms with Gasteiger partial charge in [0.05, 0.1) is 6.42 Å². The minimum absolute atomic E-state index is 0.0144. The number of hydrogen-bond donors (Lipinski definition) is 3. The number of carboxylic acids is 1. The Morgan fingerprint density at radius 3 is 2.90 bits per heavy atom. The molecule has 1 aromatic rings. The van der Waals surface area contributed by atoms with Gasteiger partial charge in [0.15, 0.2) is 0 Å². The Bertz CT molecular complexity index is 568. The van der Waals surface area contributed by atoms with Crippen molar-refractivity contribution in [2.45, 2.75) is 19.8 Å². The van der Waals surface area contributed by atoms with Crippen LogP contribution in [0.1, 0.15) is 29.3 Å². The molecule has 1 heterocycles. The number of amides is 2. The maximum Gasteiger partial charge on any atom is 0.303 e. The van der Waals surface area contributed by atoms with E-state index in [2.05, 4.69) is 10.6 Å². The normalized spacial score (nSPS) is 14.3. The molecule has 0 fully saturated rings. The van der Waals surface area contributed by atoms with E-state index in [9.17, 15) is 14.4 Å². The predicted octanol–water partition coefficient (Wildman–Crippen LogP) is 1.02. The molecule has 0 saturated carbocycles. The van der Waals surface area contributed by atoms with E-state index in [-0.39, 0.29) is 24.2 Å². The first-order chi connectivity index (χ1) is 9.45. The van der Waals surface area contributed by atoms with Crippen molar-refractivity contribution in [2.75, 3.05) is 11.9 Å². The molecule has 3 N–H and O–H groups in total. The fourth-order valence-corrected chi connectivity index (χ4v) is 2.09. The third-order valence-corrected chi connectivity index (χ3v) is 3.13. The number of carboxylic acid groups (broad SMARTS) is 1. The molecule has 0 bridgehead atoms. The molecule has 2 amide bonds. The van der Waals surface area contributed by atoms with Crippen molar-refractivity contribution in [3.05, 3.63) is 29.3 Å². The van der Waals surface area contributed by atoms with E-state index in [0.29, 0.717) is 24.2 Å². The van der Waals surface area contributed by atoms with Crippen LogP contribution in [0.3, 0.4) is 0 Å². The zero-order valence-corrected chi connectivity index (χ0v) is 11.1. The third-order valence-electron chi connectivity index (χ3n) is 3.13. The molecule has 0 radical (unpaired) electrons. The zero-order chi connectivity index (χ0) is 14.7. The van der Waals surface area contributed by atoms with Crippen LogP contribution in [0.2, 0.25) is 0 Å². The van der Waals surface area contributed by atoms with Gasteiger partial charge in [-0.25, -0.2) is 0 Å². The van der Waals surface area contributed by atoms with Gasteiger partial charge in [0, 0.05) is 24.2 Å². The monoisotopic (exact) mass is 276 g/mol. The van der Waals surface area contributed by atoms with Crippen LogP contribution in [0.5, 0.6) is 0 Å². The maximum absolute atomic E-state index is 11.9. The molecule has 2 rings (SSSR count). The van der Waals surface area contributed by atoms with Crippen molar-refractivity contribution in [1.29, 1.82) is 0 Å². The van der Waals surface area contributed by atoms with Crippen LogP contribution in [0, 0.1) is 5.92 Å². The fourth-order valence-electron chi connectivity index (χ4n) is 2.09. The lowest BCUT2D eigenvalue weighted by Gasteiger charge is -2.11. The van der Waals surface area contributed by atoms with Gasteiger partial charge in [-0.1, -0.05) is 13.0 Å². The Balaban J connectivity index is 1.95. The highest BCUT2D eigenvalue weighted by molar-refractivity contribution is 6.02. The van der Waals surface area contributed by atoms with E-state index >= 15 is 0 Å². The maximum atomic E-state index is 11.9. The molecule has 6 nitrogen and oxygen atoms in total. The second-order valence-electron chi connectivity index (χ2n) is 5.01. The minimum atomic E-state index is -0.882. The topological polar surface area (TPSA) is 95.5 Å². The summed E-state index contributed by atoms with van der Waals surface area (Å²) >= 11 is 0. The molecule has 0 saturated heterocycles. The van der Waals surface area contributed by atoms with Gasteiger partial charge in [-0.2, -0.15) is 0 Å². The Morgan fingerprint density at radius 2 is 2.20 bits per heavy atom. The van der Waals surface area contributed by atoms with E-state index in [4.69, 9.17) is 5.11 Å². The number of benzene rings is 1. The van der Waals surface area contributed by atoms with Gasteiger partial charge >= 0.3 is 5.97 Å². The first kappa shape index (κ1) is 14.0. The van der Waals surface area contributed by atoms with Crippen LogP contribution in [0.25, 0.3) is 0 Å². The number of carbonyl (C=O) groups excluding carboxylic acids is 2. The quantitative estimate of drug-likeness (QED) is 0.748. The lowest BCUT2D eigenvalue weighted by molar-refractivity contribution is -0.137. The van der Waals surface area contributed by atoms with Crippen LogP contribution in [0.15, 0.2) is 18.2 Å². The molecular weight excluding hydrogens is 260 g/mol. The summed E-state index contributed by atoms with van der Waals surface area (Å²) in [5.74, 6) is -1.36. The van der Waals surface area contributed by atoms with Gasteiger partial charge in [0.25, 0.3) is 5.91 Å². The molecule has 0 aliphatic carbocycles. The van der Waals surface area contributed by atoms with E-state index in [1.165, 1.54) is 0 Å². The first-order valence-electron chi connectivity index (χ1n) is 6.38. The van der Waals surface area contributed by atoms with E-state index in [1.807, 2.05) is 0 Å². The second kappa shape index (κ2) is 5.73. The number of aliphatic carboxylic acids is 1. The van der Waals surface area contributed by atoms with Gasteiger partial charge in [-0.05, 0) is 23.6 Å². The van der Waals surface area contributed by atoms with E-state index in [0.717, 1.165) is 5.56 Å². The van der Waals surface area contributed by atoms with Crippen molar-refractivity contribution < 1.29 is 19.5 Å². The number of carbonyl (C=O) groups is 3. The number of nitrogens with one attached hydrogen (secondary N) is 2. The molecule has 20 heavy (non-hydrogen) atoms. The molecular formula is C14H16N2O4. The Labute approximate surface area is 116 Å². The average molecular weight is 276 g/mol. The van der Waals surface area contributed by atoms with Crippen molar-refractivity contribution in [3.63, 3.8) is 0 Å². The van der Waals surface area contributed by atoms with Crippen LogP contribution >= 0.6 is 0 Å². The summed E-state index contributed by atoms with van der Waals surface area (Å²) in [6.45, 7) is 2.06. The van der Waals surface area contributed by atoms with E-state index in [1.54, 1.807) is 25.1 Å². The lowest BCUT2D eigenvalue weighted by Crippen LogP contribution is -2.29. The summed E-state index contributed by atoms with van der Waals surface area (Å²) in [6, 6.07) is 5.05. The summed E-state index contributed by atoms with van der Waals surface area (Å²) in [5.41, 5.74) is 2.00. The summed E-state index contributed by atoms with van der Waals surface area (Å²) < 4.78 is 0. The molecule has 1 unspecified atom stereocenters. The highest BCUT2D eigenvalue weighted by Crippen LogP contribution is 2.23. The standard InChI is InChI=1S/C14H16N2O4/c1-8(4-13(18)19)7-15-14(20)10-3-2-9-6-12(17)16-11(9)5-10/h2-3,5,8H,4,6-7H2,1H3,(H,15,20)(H,16,17)(H,18,19). The van der Waals surface area contributed by atoms with Crippen LogP contribution < -0.4 is 10.6 Å². The van der Waals surface area contributed by atoms with Crippen LogP contribution in [-0.4, -0.2) is 29.4 Å². The minimum Gasteiger partial charge on any atom is -0.481 e. The molecule has 106 valence electrons. The zero-order valence-electron chi connectivity index (χ0n) is 11.1. The fraction of sp³-hybridized carbons (Fsp3) is 0.357. The van der Waals surface area contributed by atoms with Crippen molar-refractivity contribution in [1.82, 2.24) is 5.32 Å². The molecule has 1 aromatic carbocycles. The van der Waals surface area contributed by atoms with Crippen LogP contribution in [-0.2, 0) is 16.0 Å². The molecule has 0 aromatic heterocycles. The Morgan fingerprint density at radius 1 is 1.45 bits per heavy atom. The van der Waals surface area contributed by atoms with Crippen LogP contribution in [0.4, 0.5) is 5.69 Å². The largest absolute Gasteiger partial charge is 0.481 e. The third kappa shape index (κ3) is 3.34. The summed E-state index contributed by atoms with van der Waals surface area (Å²) in [4.78, 5) is 33.7. The van der Waals surface area contributed by atoms with Crippen molar-refractivity contribution >= 4 is 23.5 Å². The molecule has 0 spiro atoms.